The predicted octanol–water partition coefficient (Wildman–Crippen LogP) is 0.753. The molecule has 0 saturated carbocycles. The van der Waals surface area contributed by atoms with Crippen LogP contribution in [-0.4, -0.2) is 53.9 Å². The summed E-state index contributed by atoms with van der Waals surface area (Å²) in [6.07, 6.45) is 2.88. The zero-order valence-corrected chi connectivity index (χ0v) is 13.2. The highest BCUT2D eigenvalue weighted by Crippen LogP contribution is 2.18. The Bertz CT molecular complexity index is 510. The van der Waals surface area contributed by atoms with Crippen LogP contribution in [0.1, 0.15) is 31.3 Å². The smallest absolute Gasteiger partial charge is 0.276 e. The van der Waals surface area contributed by atoms with Crippen LogP contribution in [0.3, 0.4) is 0 Å². The van der Waals surface area contributed by atoms with Crippen LogP contribution in [0.2, 0.25) is 0 Å². The summed E-state index contributed by atoms with van der Waals surface area (Å²) < 4.78 is 0. The molecule has 0 saturated heterocycles. The van der Waals surface area contributed by atoms with E-state index in [1.165, 1.54) is 17.3 Å². The van der Waals surface area contributed by atoms with Crippen molar-refractivity contribution < 1.29 is 9.59 Å². The monoisotopic (exact) mass is 293 g/mol. The Morgan fingerprint density at radius 3 is 2.43 bits per heavy atom. The molecule has 116 valence electrons. The molecular formula is C14H23N5O2. The molecule has 0 aromatic carbocycles. The molecule has 0 radical (unpaired) electrons. The van der Waals surface area contributed by atoms with Crippen molar-refractivity contribution in [2.24, 2.45) is 5.41 Å². The number of hydrogen-bond acceptors (Lipinski definition) is 5. The normalized spacial score (nSPS) is 11.1. The van der Waals surface area contributed by atoms with Gasteiger partial charge in [-0.25, -0.2) is 9.97 Å². The number of anilines is 1. The highest BCUT2D eigenvalue weighted by atomic mass is 16.2. The van der Waals surface area contributed by atoms with E-state index in [2.05, 4.69) is 20.6 Å². The van der Waals surface area contributed by atoms with Crippen molar-refractivity contribution in [1.29, 1.82) is 0 Å². The lowest BCUT2D eigenvalue weighted by molar-refractivity contribution is -0.123. The van der Waals surface area contributed by atoms with E-state index in [9.17, 15) is 9.59 Å². The summed E-state index contributed by atoms with van der Waals surface area (Å²) in [5, 5.41) is 5.64. The lowest BCUT2D eigenvalue weighted by Gasteiger charge is -2.20. The van der Waals surface area contributed by atoms with Gasteiger partial charge >= 0.3 is 0 Å². The Kier molecular flexibility index (Phi) is 5.78. The lowest BCUT2D eigenvalue weighted by Crippen LogP contribution is -2.35. The van der Waals surface area contributed by atoms with Crippen LogP contribution in [0, 0.1) is 5.41 Å². The van der Waals surface area contributed by atoms with Gasteiger partial charge in [-0.2, -0.15) is 0 Å². The average Bonchev–Trinajstić information content (AvgIpc) is 2.43. The maximum atomic E-state index is 12.3. The van der Waals surface area contributed by atoms with Gasteiger partial charge in [-0.15, -0.1) is 0 Å². The first-order chi connectivity index (χ1) is 9.77. The number of nitrogens with zero attached hydrogens (tertiary/aromatic N) is 3. The van der Waals surface area contributed by atoms with E-state index in [1.807, 2.05) is 7.05 Å². The quantitative estimate of drug-likeness (QED) is 0.836. The van der Waals surface area contributed by atoms with E-state index in [0.717, 1.165) is 0 Å². The van der Waals surface area contributed by atoms with Gasteiger partial charge in [0.1, 0.15) is 0 Å². The van der Waals surface area contributed by atoms with Gasteiger partial charge in [0.05, 0.1) is 0 Å². The van der Waals surface area contributed by atoms with Crippen molar-refractivity contribution in [3.8, 4) is 0 Å². The van der Waals surface area contributed by atoms with Crippen molar-refractivity contribution in [3.05, 3.63) is 18.1 Å². The molecule has 1 heterocycles. The Balaban J connectivity index is 2.94. The molecule has 0 bridgehead atoms. The summed E-state index contributed by atoms with van der Waals surface area (Å²) in [5.41, 5.74) is -0.427. The van der Waals surface area contributed by atoms with E-state index in [1.54, 1.807) is 27.8 Å². The third-order valence-corrected chi connectivity index (χ3v) is 2.86. The molecule has 1 aromatic heterocycles. The number of rotatable bonds is 5. The van der Waals surface area contributed by atoms with Crippen LogP contribution >= 0.6 is 0 Å². The van der Waals surface area contributed by atoms with Crippen LogP contribution in [0.4, 0.5) is 5.82 Å². The Morgan fingerprint density at radius 2 is 1.86 bits per heavy atom. The second kappa shape index (κ2) is 7.12. The molecule has 0 atom stereocenters. The number of nitrogens with one attached hydrogen (secondary N) is 2. The molecule has 0 aliphatic rings. The largest absolute Gasteiger partial charge is 0.339 e. The molecule has 0 spiro atoms. The van der Waals surface area contributed by atoms with Crippen LogP contribution in [0.15, 0.2) is 12.4 Å². The molecule has 0 unspecified atom stereocenters. The average molecular weight is 293 g/mol. The van der Waals surface area contributed by atoms with Crippen LogP contribution in [0.5, 0.6) is 0 Å². The maximum Gasteiger partial charge on any atom is 0.276 e. The number of hydrogen-bond donors (Lipinski definition) is 2. The Morgan fingerprint density at radius 1 is 1.24 bits per heavy atom. The van der Waals surface area contributed by atoms with Gasteiger partial charge in [0.25, 0.3) is 5.91 Å². The minimum absolute atomic E-state index is 0.147. The first-order valence-corrected chi connectivity index (χ1v) is 6.80. The Hall–Kier alpha value is -2.02. The van der Waals surface area contributed by atoms with Gasteiger partial charge in [-0.1, -0.05) is 20.8 Å². The molecule has 1 aromatic rings. The number of carbonyl (C=O) groups is 2. The predicted molar refractivity (Wildman–Crippen MR) is 81.0 cm³/mol. The maximum absolute atomic E-state index is 12.3. The molecule has 2 N–H and O–H groups in total. The minimum atomic E-state index is -0.574. The summed E-state index contributed by atoms with van der Waals surface area (Å²) in [6, 6.07) is 0. The third kappa shape index (κ3) is 4.78. The molecule has 7 nitrogen and oxygen atoms in total. The third-order valence-electron chi connectivity index (χ3n) is 2.86. The summed E-state index contributed by atoms with van der Waals surface area (Å²) in [7, 11) is 3.50. The van der Waals surface area contributed by atoms with Gasteiger partial charge in [0, 0.05) is 37.9 Å². The van der Waals surface area contributed by atoms with Crippen LogP contribution in [0.25, 0.3) is 0 Å². The van der Waals surface area contributed by atoms with E-state index in [0.29, 0.717) is 13.1 Å². The summed E-state index contributed by atoms with van der Waals surface area (Å²) in [5.74, 6) is -0.295. The molecular weight excluding hydrogens is 270 g/mol. The van der Waals surface area contributed by atoms with E-state index in [-0.39, 0.29) is 23.3 Å². The number of aromatic nitrogens is 2. The van der Waals surface area contributed by atoms with Gasteiger partial charge in [0.15, 0.2) is 11.5 Å². The summed E-state index contributed by atoms with van der Waals surface area (Å²) >= 11 is 0. The van der Waals surface area contributed by atoms with Gasteiger partial charge in [-0.3, -0.25) is 9.59 Å². The second-order valence-electron chi connectivity index (χ2n) is 5.79. The zero-order chi connectivity index (χ0) is 16.0. The Labute approximate surface area is 125 Å². The fraction of sp³-hybridized carbons (Fsp3) is 0.571. The van der Waals surface area contributed by atoms with Gasteiger partial charge < -0.3 is 15.5 Å². The van der Waals surface area contributed by atoms with Crippen molar-refractivity contribution in [2.45, 2.75) is 20.8 Å². The van der Waals surface area contributed by atoms with Crippen molar-refractivity contribution in [3.63, 3.8) is 0 Å². The fourth-order valence-corrected chi connectivity index (χ4v) is 1.44. The van der Waals surface area contributed by atoms with Crippen LogP contribution in [-0.2, 0) is 4.79 Å². The van der Waals surface area contributed by atoms with Gasteiger partial charge in [-0.05, 0) is 7.05 Å². The molecule has 1 rings (SSSR count). The molecule has 0 aliphatic carbocycles. The van der Waals surface area contributed by atoms with E-state index < -0.39 is 5.41 Å². The number of carbonyl (C=O) groups excluding carboxylic acids is 2. The highest BCUT2D eigenvalue weighted by molar-refractivity contribution is 6.02. The highest BCUT2D eigenvalue weighted by Gasteiger charge is 2.25. The lowest BCUT2D eigenvalue weighted by atomic mass is 9.96. The van der Waals surface area contributed by atoms with Crippen molar-refractivity contribution in [1.82, 2.24) is 20.2 Å². The SMILES string of the molecule is CNCCN(C)C(=O)c1nccnc1NC(=O)C(C)(C)C. The van der Waals surface area contributed by atoms with Crippen molar-refractivity contribution in [2.75, 3.05) is 32.5 Å². The first kappa shape index (κ1) is 17.0. The topological polar surface area (TPSA) is 87.2 Å². The standard InChI is InChI=1S/C14H23N5O2/c1-14(2,3)13(21)18-11-10(16-6-7-17-11)12(20)19(5)9-8-15-4/h6-7,15H,8-9H2,1-5H3,(H,17,18,21). The molecule has 0 aliphatic heterocycles. The number of likely N-dealkylation sites (N-methyl/N-ethyl adjacent to an activating group) is 2. The summed E-state index contributed by atoms with van der Waals surface area (Å²) in [4.78, 5) is 34.0. The molecule has 2 amide bonds. The molecule has 21 heavy (non-hydrogen) atoms. The number of amides is 2. The van der Waals surface area contributed by atoms with Crippen molar-refractivity contribution >= 4 is 17.6 Å². The second-order valence-corrected chi connectivity index (χ2v) is 5.79. The minimum Gasteiger partial charge on any atom is -0.339 e. The van der Waals surface area contributed by atoms with E-state index in [4.69, 9.17) is 0 Å². The molecule has 7 heteroatoms. The first-order valence-electron chi connectivity index (χ1n) is 6.80. The fourth-order valence-electron chi connectivity index (χ4n) is 1.44. The molecule has 0 fully saturated rings. The van der Waals surface area contributed by atoms with Gasteiger partial charge in [0.2, 0.25) is 5.91 Å². The zero-order valence-electron chi connectivity index (χ0n) is 13.2. The summed E-state index contributed by atoms with van der Waals surface area (Å²) in [6.45, 7) is 6.59. The van der Waals surface area contributed by atoms with E-state index >= 15 is 0 Å². The van der Waals surface area contributed by atoms with Crippen LogP contribution < -0.4 is 10.6 Å².